The number of rotatable bonds is 4. The third kappa shape index (κ3) is 3.25. The van der Waals surface area contributed by atoms with Crippen LogP contribution in [-0.2, 0) is 0 Å². The molecule has 0 aliphatic carbocycles. The topological polar surface area (TPSA) is 18.5 Å². The zero-order valence-electron chi connectivity index (χ0n) is 8.74. The van der Waals surface area contributed by atoms with E-state index in [1.165, 1.54) is 0 Å². The molecule has 1 atom stereocenters. The van der Waals surface area contributed by atoms with Crippen molar-refractivity contribution in [3.63, 3.8) is 0 Å². The molecule has 3 heteroatoms. The monoisotopic (exact) mass is 232 g/mol. The second kappa shape index (κ2) is 5.53. The molecule has 2 nitrogen and oxygen atoms in total. The minimum absolute atomic E-state index is 0.384. The minimum Gasteiger partial charge on any atom is -0.452 e. The van der Waals surface area contributed by atoms with Crippen molar-refractivity contribution in [2.24, 2.45) is 0 Å². The van der Waals surface area contributed by atoms with Gasteiger partial charge in [-0.3, -0.25) is 0 Å². The van der Waals surface area contributed by atoms with Crippen LogP contribution >= 0.6 is 9.24 Å². The molecule has 16 heavy (non-hydrogen) atoms. The maximum absolute atomic E-state index is 5.56. The van der Waals surface area contributed by atoms with Crippen molar-refractivity contribution in [3.05, 3.63) is 60.7 Å². The van der Waals surface area contributed by atoms with Crippen LogP contribution in [-0.4, -0.2) is 6.03 Å². The van der Waals surface area contributed by atoms with Crippen molar-refractivity contribution < 1.29 is 9.47 Å². The summed E-state index contributed by atoms with van der Waals surface area (Å²) in [5.74, 6) is 1.58. The summed E-state index contributed by atoms with van der Waals surface area (Å²) in [6.45, 7) is 0. The molecule has 2 aromatic rings. The van der Waals surface area contributed by atoms with Crippen LogP contribution in [0.1, 0.15) is 0 Å². The lowest BCUT2D eigenvalue weighted by molar-refractivity contribution is 0.0835. The van der Waals surface area contributed by atoms with E-state index in [0.29, 0.717) is 0 Å². The highest BCUT2D eigenvalue weighted by Gasteiger charge is 2.04. The normalized spacial score (nSPS) is 10.1. The van der Waals surface area contributed by atoms with Crippen molar-refractivity contribution in [3.8, 4) is 11.5 Å². The summed E-state index contributed by atoms with van der Waals surface area (Å²) in [6, 6.07) is 18.8. The van der Waals surface area contributed by atoms with Gasteiger partial charge in [0.05, 0.1) is 0 Å². The Morgan fingerprint density at radius 2 is 1.06 bits per heavy atom. The van der Waals surface area contributed by atoms with Crippen LogP contribution in [0.3, 0.4) is 0 Å². The molecule has 0 bridgehead atoms. The van der Waals surface area contributed by atoms with E-state index in [2.05, 4.69) is 9.24 Å². The Morgan fingerprint density at radius 3 is 1.44 bits per heavy atom. The van der Waals surface area contributed by atoms with Crippen LogP contribution < -0.4 is 9.47 Å². The second-order valence-corrected chi connectivity index (χ2v) is 3.77. The largest absolute Gasteiger partial charge is 0.452 e. The first-order valence-electron chi connectivity index (χ1n) is 5.03. The zero-order valence-corrected chi connectivity index (χ0v) is 9.90. The van der Waals surface area contributed by atoms with Gasteiger partial charge in [0.1, 0.15) is 11.5 Å². The molecule has 0 aliphatic rings. The minimum atomic E-state index is -0.384. The molecule has 0 heterocycles. The molecule has 0 N–H and O–H groups in total. The third-order valence-corrected chi connectivity index (χ3v) is 2.26. The lowest BCUT2D eigenvalue weighted by Gasteiger charge is -2.16. The second-order valence-electron chi connectivity index (χ2n) is 3.23. The number of ether oxygens (including phenoxy) is 2. The predicted octanol–water partition coefficient (Wildman–Crippen LogP) is 3.30. The van der Waals surface area contributed by atoms with Crippen LogP contribution in [0.25, 0.3) is 0 Å². The first-order chi connectivity index (χ1) is 7.84. The van der Waals surface area contributed by atoms with Crippen LogP contribution in [0.15, 0.2) is 60.7 Å². The first-order valence-corrected chi connectivity index (χ1v) is 5.70. The molecule has 0 saturated carbocycles. The van der Waals surface area contributed by atoms with Gasteiger partial charge < -0.3 is 9.47 Å². The molecular weight excluding hydrogens is 219 g/mol. The van der Waals surface area contributed by atoms with Gasteiger partial charge >= 0.3 is 0 Å². The van der Waals surface area contributed by atoms with E-state index in [0.717, 1.165) is 11.5 Å². The average molecular weight is 232 g/mol. The highest BCUT2D eigenvalue weighted by molar-refractivity contribution is 7.17. The van der Waals surface area contributed by atoms with Gasteiger partial charge in [-0.1, -0.05) is 36.4 Å². The fourth-order valence-corrected chi connectivity index (χ4v) is 1.60. The zero-order chi connectivity index (χ0) is 11.2. The van der Waals surface area contributed by atoms with Crippen molar-refractivity contribution in [1.29, 1.82) is 0 Å². The maximum atomic E-state index is 5.56. The van der Waals surface area contributed by atoms with E-state index in [1.807, 2.05) is 60.7 Å². The molecule has 0 fully saturated rings. The van der Waals surface area contributed by atoms with Gasteiger partial charge in [-0.05, 0) is 33.5 Å². The van der Waals surface area contributed by atoms with Gasteiger partial charge in [0, 0.05) is 0 Å². The fraction of sp³-hybridized carbons (Fsp3) is 0.0769. The molecule has 0 radical (unpaired) electrons. The molecule has 0 aliphatic heterocycles. The van der Waals surface area contributed by atoms with Gasteiger partial charge in [0.15, 0.2) is 0 Å². The van der Waals surface area contributed by atoms with Crippen molar-refractivity contribution in [2.45, 2.75) is 6.03 Å². The van der Waals surface area contributed by atoms with Crippen LogP contribution in [0, 0.1) is 0 Å². The Labute approximate surface area is 97.4 Å². The standard InChI is InChI=1S/C13H13O2P/c16-13(14-11-7-3-1-4-8-11)15-12-9-5-2-6-10-12/h1-10,13H,16H2. The summed E-state index contributed by atoms with van der Waals surface area (Å²) < 4.78 is 11.1. The van der Waals surface area contributed by atoms with E-state index in [9.17, 15) is 0 Å². The lowest BCUT2D eigenvalue weighted by atomic mass is 10.3. The highest BCUT2D eigenvalue weighted by atomic mass is 31.0. The van der Waals surface area contributed by atoms with Gasteiger partial charge in [-0.15, -0.1) is 0 Å². The molecular formula is C13H13O2P. The van der Waals surface area contributed by atoms with Crippen molar-refractivity contribution in [2.75, 3.05) is 0 Å². The number of hydrogen-bond donors (Lipinski definition) is 0. The SMILES string of the molecule is PC(Oc1ccccc1)Oc1ccccc1. The molecule has 82 valence electrons. The maximum Gasteiger partial charge on any atom is 0.252 e. The number of para-hydroxylation sites is 2. The van der Waals surface area contributed by atoms with Gasteiger partial charge in [-0.25, -0.2) is 0 Å². The van der Waals surface area contributed by atoms with Gasteiger partial charge in [-0.2, -0.15) is 0 Å². The van der Waals surface area contributed by atoms with Crippen molar-refractivity contribution >= 4 is 9.24 Å². The number of hydrogen-bond acceptors (Lipinski definition) is 2. The Kier molecular flexibility index (Phi) is 3.79. The van der Waals surface area contributed by atoms with E-state index < -0.39 is 0 Å². The van der Waals surface area contributed by atoms with Crippen LogP contribution in [0.5, 0.6) is 11.5 Å². The van der Waals surface area contributed by atoms with E-state index in [1.54, 1.807) is 0 Å². The highest BCUT2D eigenvalue weighted by Crippen LogP contribution is 2.18. The summed E-state index contributed by atoms with van der Waals surface area (Å²) in [5.41, 5.74) is 0. The molecule has 0 saturated heterocycles. The molecule has 0 spiro atoms. The van der Waals surface area contributed by atoms with Crippen LogP contribution in [0.4, 0.5) is 0 Å². The summed E-state index contributed by atoms with van der Waals surface area (Å²) in [7, 11) is 2.51. The van der Waals surface area contributed by atoms with E-state index >= 15 is 0 Å². The number of benzene rings is 2. The van der Waals surface area contributed by atoms with Gasteiger partial charge in [0.2, 0.25) is 0 Å². The lowest BCUT2D eigenvalue weighted by Crippen LogP contribution is -2.15. The van der Waals surface area contributed by atoms with E-state index in [-0.39, 0.29) is 6.03 Å². The Balaban J connectivity index is 1.92. The summed E-state index contributed by atoms with van der Waals surface area (Å²) in [6.07, 6.45) is 0. The third-order valence-electron chi connectivity index (χ3n) is 1.99. The summed E-state index contributed by atoms with van der Waals surface area (Å²) >= 11 is 0. The van der Waals surface area contributed by atoms with Crippen molar-refractivity contribution in [1.82, 2.24) is 0 Å². The van der Waals surface area contributed by atoms with E-state index in [4.69, 9.17) is 9.47 Å². The summed E-state index contributed by atoms with van der Waals surface area (Å²) in [5, 5.41) is 0. The Morgan fingerprint density at radius 1 is 0.688 bits per heavy atom. The molecule has 1 unspecified atom stereocenters. The quantitative estimate of drug-likeness (QED) is 0.594. The predicted molar refractivity (Wildman–Crippen MR) is 67.6 cm³/mol. The average Bonchev–Trinajstić information content (AvgIpc) is 2.31. The molecule has 0 aromatic heterocycles. The first kappa shape index (κ1) is 11.0. The Bertz CT molecular complexity index is 375. The molecule has 2 rings (SSSR count). The summed E-state index contributed by atoms with van der Waals surface area (Å²) in [4.78, 5) is 0. The Hall–Kier alpha value is -1.53. The van der Waals surface area contributed by atoms with Gasteiger partial charge in [0.25, 0.3) is 6.03 Å². The smallest absolute Gasteiger partial charge is 0.252 e. The van der Waals surface area contributed by atoms with Crippen LogP contribution in [0.2, 0.25) is 0 Å². The fourth-order valence-electron chi connectivity index (χ4n) is 1.29. The molecule has 0 amide bonds. The molecule has 2 aromatic carbocycles.